The molecule has 1 unspecified atom stereocenters. The molecule has 1 aromatic rings. The van der Waals surface area contributed by atoms with Gasteiger partial charge in [0.2, 0.25) is 0 Å². The van der Waals surface area contributed by atoms with Crippen molar-refractivity contribution >= 4 is 11.6 Å². The van der Waals surface area contributed by atoms with E-state index in [4.69, 9.17) is 16.3 Å². The topological polar surface area (TPSA) is 29.5 Å². The summed E-state index contributed by atoms with van der Waals surface area (Å²) in [6, 6.07) is 7.31. The highest BCUT2D eigenvalue weighted by Gasteiger charge is 2.30. The van der Waals surface area contributed by atoms with Gasteiger partial charge >= 0.3 is 0 Å². The van der Waals surface area contributed by atoms with E-state index in [1.165, 1.54) is 0 Å². The molecule has 1 aromatic carbocycles. The van der Waals surface area contributed by atoms with Crippen molar-refractivity contribution in [3.8, 4) is 5.75 Å². The maximum Gasteiger partial charge on any atom is 0.138 e. The van der Waals surface area contributed by atoms with Crippen LogP contribution in [-0.2, 0) is 0 Å². The van der Waals surface area contributed by atoms with Crippen molar-refractivity contribution in [2.24, 2.45) is 5.92 Å². The molecule has 1 aliphatic rings. The summed E-state index contributed by atoms with van der Waals surface area (Å²) in [5, 5.41) is 10.2. The average molecular weight is 213 g/mol. The maximum absolute atomic E-state index is 9.57. The van der Waals surface area contributed by atoms with Gasteiger partial charge in [0.15, 0.2) is 0 Å². The van der Waals surface area contributed by atoms with Crippen molar-refractivity contribution < 1.29 is 9.84 Å². The molecule has 0 bridgehead atoms. The highest BCUT2D eigenvalue weighted by molar-refractivity contribution is 6.32. The van der Waals surface area contributed by atoms with Crippen molar-refractivity contribution in [3.63, 3.8) is 0 Å². The van der Waals surface area contributed by atoms with Gasteiger partial charge in [-0.3, -0.25) is 0 Å². The van der Waals surface area contributed by atoms with Gasteiger partial charge in [-0.25, -0.2) is 0 Å². The lowest BCUT2D eigenvalue weighted by molar-refractivity contribution is 0.0895. The van der Waals surface area contributed by atoms with Crippen molar-refractivity contribution in [1.29, 1.82) is 0 Å². The van der Waals surface area contributed by atoms with Crippen LogP contribution in [0.25, 0.3) is 0 Å². The zero-order valence-electron chi connectivity index (χ0n) is 7.82. The molecule has 1 atom stereocenters. The minimum Gasteiger partial charge on any atom is -0.489 e. The van der Waals surface area contributed by atoms with Crippen LogP contribution in [0.15, 0.2) is 24.3 Å². The molecule has 0 amide bonds. The number of hydrogen-bond donors (Lipinski definition) is 1. The van der Waals surface area contributed by atoms with Crippen molar-refractivity contribution in [2.75, 3.05) is 6.61 Å². The van der Waals surface area contributed by atoms with Crippen LogP contribution < -0.4 is 4.74 Å². The molecule has 3 heteroatoms. The van der Waals surface area contributed by atoms with Gasteiger partial charge in [-0.15, -0.1) is 0 Å². The van der Waals surface area contributed by atoms with Crippen LogP contribution in [0.2, 0.25) is 5.02 Å². The first kappa shape index (κ1) is 9.81. The van der Waals surface area contributed by atoms with E-state index in [0.717, 1.165) is 12.8 Å². The Morgan fingerprint density at radius 1 is 1.43 bits per heavy atom. The second-order valence-electron chi connectivity index (χ2n) is 3.65. The van der Waals surface area contributed by atoms with Gasteiger partial charge in [-0.2, -0.15) is 0 Å². The molecule has 1 fully saturated rings. The molecule has 1 saturated carbocycles. The Morgan fingerprint density at radius 2 is 2.14 bits per heavy atom. The minimum atomic E-state index is -0.341. The number of ether oxygens (including phenoxy) is 1. The van der Waals surface area contributed by atoms with E-state index in [1.807, 2.05) is 18.2 Å². The van der Waals surface area contributed by atoms with Gasteiger partial charge in [-0.1, -0.05) is 23.7 Å². The maximum atomic E-state index is 9.57. The Kier molecular flexibility index (Phi) is 2.94. The first-order valence-electron chi connectivity index (χ1n) is 4.83. The second kappa shape index (κ2) is 4.20. The van der Waals surface area contributed by atoms with Crippen LogP contribution in [0.1, 0.15) is 12.8 Å². The molecule has 0 aliphatic heterocycles. The molecular weight excluding hydrogens is 200 g/mol. The normalized spacial score (nSPS) is 17.9. The molecule has 14 heavy (non-hydrogen) atoms. The third-order valence-corrected chi connectivity index (χ3v) is 2.72. The van der Waals surface area contributed by atoms with Crippen LogP contribution in [0.4, 0.5) is 0 Å². The fourth-order valence-electron chi connectivity index (χ4n) is 1.35. The third kappa shape index (κ3) is 2.40. The van der Waals surface area contributed by atoms with E-state index >= 15 is 0 Å². The van der Waals surface area contributed by atoms with Gasteiger partial charge in [-0.05, 0) is 30.9 Å². The van der Waals surface area contributed by atoms with E-state index in [1.54, 1.807) is 6.07 Å². The van der Waals surface area contributed by atoms with Gasteiger partial charge in [0, 0.05) is 0 Å². The monoisotopic (exact) mass is 212 g/mol. The number of rotatable bonds is 4. The number of hydrogen-bond acceptors (Lipinski definition) is 2. The number of aliphatic hydroxyl groups excluding tert-OH is 1. The smallest absolute Gasteiger partial charge is 0.138 e. The summed E-state index contributed by atoms with van der Waals surface area (Å²) in [4.78, 5) is 0. The number of benzene rings is 1. The van der Waals surface area contributed by atoms with Crippen molar-refractivity contribution in [2.45, 2.75) is 18.9 Å². The zero-order valence-corrected chi connectivity index (χ0v) is 8.57. The molecule has 1 N–H and O–H groups in total. The highest BCUT2D eigenvalue weighted by Crippen LogP contribution is 2.33. The first-order valence-corrected chi connectivity index (χ1v) is 5.20. The molecule has 2 rings (SSSR count). The van der Waals surface area contributed by atoms with E-state index in [0.29, 0.717) is 23.3 Å². The molecule has 0 saturated heterocycles. The van der Waals surface area contributed by atoms with Gasteiger partial charge in [0.25, 0.3) is 0 Å². The van der Waals surface area contributed by atoms with Gasteiger partial charge in [0.05, 0.1) is 11.1 Å². The van der Waals surface area contributed by atoms with E-state index in [-0.39, 0.29) is 6.10 Å². The molecule has 0 spiro atoms. The second-order valence-corrected chi connectivity index (χ2v) is 4.05. The van der Waals surface area contributed by atoms with Crippen molar-refractivity contribution in [1.82, 2.24) is 0 Å². The highest BCUT2D eigenvalue weighted by atomic mass is 35.5. The molecule has 0 radical (unpaired) electrons. The van der Waals surface area contributed by atoms with Crippen LogP contribution in [0, 0.1) is 5.92 Å². The Bertz CT molecular complexity index is 310. The van der Waals surface area contributed by atoms with Crippen LogP contribution >= 0.6 is 11.6 Å². The molecule has 1 aliphatic carbocycles. The Hall–Kier alpha value is -0.730. The molecule has 0 heterocycles. The third-order valence-electron chi connectivity index (χ3n) is 2.41. The Labute approximate surface area is 88.5 Å². The lowest BCUT2D eigenvalue weighted by Gasteiger charge is -2.11. The number of halogens is 1. The molecule has 0 aromatic heterocycles. The lowest BCUT2D eigenvalue weighted by atomic mass is 10.2. The SMILES string of the molecule is OC(COc1ccccc1Cl)C1CC1. The first-order chi connectivity index (χ1) is 6.77. The van der Waals surface area contributed by atoms with Crippen molar-refractivity contribution in [3.05, 3.63) is 29.3 Å². The fraction of sp³-hybridized carbons (Fsp3) is 0.455. The average Bonchev–Trinajstić information content (AvgIpc) is 2.99. The minimum absolute atomic E-state index is 0.341. The zero-order chi connectivity index (χ0) is 9.97. The van der Waals surface area contributed by atoms with E-state index in [2.05, 4.69) is 0 Å². The largest absolute Gasteiger partial charge is 0.489 e. The van der Waals surface area contributed by atoms with Gasteiger partial charge in [0.1, 0.15) is 12.4 Å². The summed E-state index contributed by atoms with van der Waals surface area (Å²) in [7, 11) is 0. The van der Waals surface area contributed by atoms with Gasteiger partial charge < -0.3 is 9.84 Å². The van der Waals surface area contributed by atoms with E-state index < -0.39 is 0 Å². The quantitative estimate of drug-likeness (QED) is 0.831. The summed E-state index contributed by atoms with van der Waals surface area (Å²) in [5.74, 6) is 1.09. The van der Waals surface area contributed by atoms with Crippen LogP contribution in [0.3, 0.4) is 0 Å². The van der Waals surface area contributed by atoms with Crippen LogP contribution in [-0.4, -0.2) is 17.8 Å². The van der Waals surface area contributed by atoms with E-state index in [9.17, 15) is 5.11 Å². The summed E-state index contributed by atoms with van der Waals surface area (Å²) in [5.41, 5.74) is 0. The Morgan fingerprint density at radius 3 is 2.79 bits per heavy atom. The number of aliphatic hydroxyl groups is 1. The molecular formula is C11H13ClO2. The number of para-hydroxylation sites is 1. The fourth-order valence-corrected chi connectivity index (χ4v) is 1.54. The summed E-state index contributed by atoms with van der Waals surface area (Å²) >= 11 is 5.90. The predicted octanol–water partition coefficient (Wildman–Crippen LogP) is 2.49. The Balaban J connectivity index is 1.87. The predicted molar refractivity (Wildman–Crippen MR) is 55.7 cm³/mol. The molecule has 2 nitrogen and oxygen atoms in total. The summed E-state index contributed by atoms with van der Waals surface area (Å²) < 4.78 is 5.42. The molecule has 76 valence electrons. The lowest BCUT2D eigenvalue weighted by Crippen LogP contribution is -2.19. The van der Waals surface area contributed by atoms with Crippen LogP contribution in [0.5, 0.6) is 5.75 Å². The standard InChI is InChI=1S/C11H13ClO2/c12-9-3-1-2-4-11(9)14-7-10(13)8-5-6-8/h1-4,8,10,13H,5-7H2. The summed E-state index contributed by atoms with van der Waals surface area (Å²) in [6.07, 6.45) is 1.89. The summed E-state index contributed by atoms with van der Waals surface area (Å²) in [6.45, 7) is 0.342.